The third-order valence-electron chi connectivity index (χ3n) is 9.41. The Balaban J connectivity index is 1.34. The van der Waals surface area contributed by atoms with Crippen LogP contribution in [0, 0.1) is 23.2 Å². The van der Waals surface area contributed by atoms with Gasteiger partial charge in [-0.25, -0.2) is 13.4 Å². The molecule has 1 aromatic carbocycles. The molecule has 2 heterocycles. The van der Waals surface area contributed by atoms with Gasteiger partial charge in [-0.15, -0.1) is 11.3 Å². The number of carbonyl (C=O) groups excluding carboxylic acids is 1. The largest absolute Gasteiger partial charge is 0.392 e. The third-order valence-corrected chi connectivity index (χ3v) is 12.6. The van der Waals surface area contributed by atoms with Crippen molar-refractivity contribution < 1.29 is 23.2 Å². The molecular formula is C28H39ClN3O4S2+. The summed E-state index contributed by atoms with van der Waals surface area (Å²) in [6, 6.07) is 6.24. The van der Waals surface area contributed by atoms with E-state index >= 15 is 0 Å². The van der Waals surface area contributed by atoms with Crippen LogP contribution >= 0.6 is 22.9 Å². The highest BCUT2D eigenvalue weighted by Gasteiger charge is 2.54. The van der Waals surface area contributed by atoms with E-state index in [2.05, 4.69) is 20.9 Å². The van der Waals surface area contributed by atoms with Gasteiger partial charge in [-0.2, -0.15) is 0 Å². The summed E-state index contributed by atoms with van der Waals surface area (Å²) in [6.45, 7) is 9.83. The van der Waals surface area contributed by atoms with Gasteiger partial charge in [0.1, 0.15) is 10.8 Å². The highest BCUT2D eigenvalue weighted by molar-refractivity contribution is 7.90. The maximum absolute atomic E-state index is 13.4. The van der Waals surface area contributed by atoms with Crippen LogP contribution < -0.4 is 4.90 Å². The van der Waals surface area contributed by atoms with E-state index in [1.807, 2.05) is 11.8 Å². The van der Waals surface area contributed by atoms with E-state index in [-0.39, 0.29) is 45.6 Å². The zero-order valence-corrected chi connectivity index (χ0v) is 25.0. The molecule has 0 bridgehead atoms. The predicted molar refractivity (Wildman–Crippen MR) is 149 cm³/mol. The number of piperazine rings is 1. The minimum atomic E-state index is -3.55. The molecule has 2 fully saturated rings. The fourth-order valence-electron chi connectivity index (χ4n) is 7.13. The number of halogens is 1. The maximum Gasteiger partial charge on any atom is 0.226 e. The van der Waals surface area contributed by atoms with Crippen LogP contribution in [0.3, 0.4) is 0 Å². The van der Waals surface area contributed by atoms with Crippen molar-refractivity contribution in [2.24, 2.45) is 23.2 Å². The Morgan fingerprint density at radius 1 is 1.29 bits per heavy atom. The smallest absolute Gasteiger partial charge is 0.226 e. The number of aromatic nitrogens is 1. The Morgan fingerprint density at radius 2 is 1.95 bits per heavy atom. The topological polar surface area (TPSA) is 92.0 Å². The Morgan fingerprint density at radius 3 is 2.61 bits per heavy atom. The summed E-state index contributed by atoms with van der Waals surface area (Å²) in [6.07, 6.45) is 1.93. The molecule has 1 amide bonds. The molecule has 0 radical (unpaired) electrons. The molecule has 38 heavy (non-hydrogen) atoms. The number of quaternary nitrogens is 1. The Bertz CT molecular complexity index is 1290. The molecule has 6 atom stereocenters. The summed E-state index contributed by atoms with van der Waals surface area (Å²) in [5.74, 6) is -0.332. The third kappa shape index (κ3) is 5.17. The minimum absolute atomic E-state index is 0.0145. The number of hydrogen-bond donors (Lipinski definition) is 2. The van der Waals surface area contributed by atoms with E-state index in [0.29, 0.717) is 10.0 Å². The SMILES string of the molecule is C[C@H](C(=O)N1CC[NH+](C)CC1)[C@@H]1CC[C@@]2(C)Cc3sc(CS(=O)(=O)c4ccc(Cl)cc4)nc3[C@@H](C)[C@@H]2[C@H]1O. The second-order valence-electron chi connectivity index (χ2n) is 12.0. The number of hydrogen-bond acceptors (Lipinski definition) is 6. The first-order valence-corrected chi connectivity index (χ1v) is 16.5. The molecule has 0 unspecified atom stereocenters. The minimum Gasteiger partial charge on any atom is -0.392 e. The number of aliphatic hydroxyl groups is 1. The summed E-state index contributed by atoms with van der Waals surface area (Å²) in [5.41, 5.74) is 0.806. The van der Waals surface area contributed by atoms with E-state index < -0.39 is 15.9 Å². The molecule has 1 saturated heterocycles. The first-order valence-electron chi connectivity index (χ1n) is 13.6. The summed E-state index contributed by atoms with van der Waals surface area (Å²) < 4.78 is 26.1. The number of sulfone groups is 1. The van der Waals surface area contributed by atoms with E-state index in [1.54, 1.807) is 12.1 Å². The Labute approximate surface area is 235 Å². The molecule has 5 rings (SSSR count). The molecule has 10 heteroatoms. The Hall–Kier alpha value is -1.52. The van der Waals surface area contributed by atoms with Gasteiger partial charge in [0.2, 0.25) is 5.91 Å². The summed E-state index contributed by atoms with van der Waals surface area (Å²) >= 11 is 7.43. The van der Waals surface area contributed by atoms with Gasteiger partial charge in [-0.3, -0.25) is 4.79 Å². The number of nitrogens with zero attached hydrogens (tertiary/aromatic N) is 2. The number of carbonyl (C=O) groups is 1. The standard InChI is InChI=1S/C28H38ClN3O4S2/c1-17(27(34)32-13-11-31(4)12-14-32)21-9-10-28(3)15-22-25(18(2)24(28)26(21)33)30-23(37-22)16-38(35,36)20-7-5-19(29)6-8-20/h5-8,17-18,21,24,26,33H,9-16H2,1-4H3/p+1/t17-,18-,21-,24+,26-,28-/m0/s1. The van der Waals surface area contributed by atoms with Crippen LogP contribution in [-0.2, 0) is 26.8 Å². The number of fused-ring (bicyclic) bond motifs is 2. The second kappa shape index (κ2) is 10.5. The van der Waals surface area contributed by atoms with Crippen molar-refractivity contribution in [1.82, 2.24) is 9.88 Å². The van der Waals surface area contributed by atoms with Crippen LogP contribution in [0.5, 0.6) is 0 Å². The summed E-state index contributed by atoms with van der Waals surface area (Å²) in [4.78, 5) is 23.0. The maximum atomic E-state index is 13.4. The molecule has 208 valence electrons. The number of amides is 1. The highest BCUT2D eigenvalue weighted by Crippen LogP contribution is 2.57. The van der Waals surface area contributed by atoms with E-state index in [1.165, 1.54) is 28.4 Å². The summed E-state index contributed by atoms with van der Waals surface area (Å²) in [7, 11) is -1.39. The van der Waals surface area contributed by atoms with Crippen molar-refractivity contribution in [1.29, 1.82) is 0 Å². The first-order chi connectivity index (χ1) is 17.9. The van der Waals surface area contributed by atoms with Crippen LogP contribution in [0.1, 0.15) is 55.1 Å². The number of aliphatic hydroxyl groups excluding tert-OH is 1. The quantitative estimate of drug-likeness (QED) is 0.567. The van der Waals surface area contributed by atoms with Gasteiger partial charge in [0.15, 0.2) is 9.84 Å². The second-order valence-corrected chi connectivity index (χ2v) is 15.6. The van der Waals surface area contributed by atoms with Crippen LogP contribution in [0.15, 0.2) is 29.2 Å². The van der Waals surface area contributed by atoms with Crippen LogP contribution in [0.2, 0.25) is 5.02 Å². The molecule has 2 aromatic rings. The molecule has 2 N–H and O–H groups in total. The van der Waals surface area contributed by atoms with Crippen molar-refractivity contribution in [3.05, 3.63) is 44.9 Å². The van der Waals surface area contributed by atoms with Crippen LogP contribution in [-0.4, -0.2) is 68.6 Å². The average molecular weight is 581 g/mol. The van der Waals surface area contributed by atoms with Crippen LogP contribution in [0.25, 0.3) is 0 Å². The molecule has 3 aliphatic rings. The average Bonchev–Trinajstić information content (AvgIpc) is 3.25. The molecular weight excluding hydrogens is 542 g/mol. The van der Waals surface area contributed by atoms with Crippen molar-refractivity contribution in [2.75, 3.05) is 33.2 Å². The van der Waals surface area contributed by atoms with Crippen molar-refractivity contribution in [3.8, 4) is 0 Å². The number of benzene rings is 1. The highest BCUT2D eigenvalue weighted by atomic mass is 35.5. The lowest BCUT2D eigenvalue weighted by atomic mass is 9.53. The number of likely N-dealkylation sites (N-methyl/N-ethyl adjacent to an activating group) is 1. The van der Waals surface area contributed by atoms with Gasteiger partial charge in [-0.1, -0.05) is 32.4 Å². The normalized spacial score (nSPS) is 30.9. The van der Waals surface area contributed by atoms with Gasteiger partial charge in [0.05, 0.1) is 49.9 Å². The van der Waals surface area contributed by atoms with E-state index in [4.69, 9.17) is 16.6 Å². The zero-order chi connectivity index (χ0) is 27.4. The number of thiazole rings is 1. The lowest BCUT2D eigenvalue weighted by Crippen LogP contribution is -3.12. The molecule has 1 aliphatic heterocycles. The fourth-order valence-corrected chi connectivity index (χ4v) is 10.2. The first kappa shape index (κ1) is 28.0. The van der Waals surface area contributed by atoms with Gasteiger partial charge >= 0.3 is 0 Å². The molecule has 0 spiro atoms. The molecule has 7 nitrogen and oxygen atoms in total. The van der Waals surface area contributed by atoms with Crippen LogP contribution in [0.4, 0.5) is 0 Å². The number of nitrogens with one attached hydrogen (secondary N) is 1. The van der Waals surface area contributed by atoms with Crippen molar-refractivity contribution in [2.45, 2.75) is 62.7 Å². The summed E-state index contributed by atoms with van der Waals surface area (Å²) in [5, 5.41) is 12.8. The predicted octanol–water partition coefficient (Wildman–Crippen LogP) is 2.82. The monoisotopic (exact) mass is 580 g/mol. The van der Waals surface area contributed by atoms with Gasteiger partial charge in [-0.05, 0) is 60.8 Å². The zero-order valence-electron chi connectivity index (χ0n) is 22.6. The lowest BCUT2D eigenvalue weighted by molar-refractivity contribution is -0.883. The van der Waals surface area contributed by atoms with Gasteiger partial charge in [0.25, 0.3) is 0 Å². The number of rotatable bonds is 5. The van der Waals surface area contributed by atoms with Gasteiger partial charge in [0, 0.05) is 21.7 Å². The van der Waals surface area contributed by atoms with Gasteiger partial charge < -0.3 is 14.9 Å². The van der Waals surface area contributed by atoms with Crippen molar-refractivity contribution >= 4 is 38.7 Å². The lowest BCUT2D eigenvalue weighted by Gasteiger charge is -2.53. The molecule has 1 saturated carbocycles. The Kier molecular flexibility index (Phi) is 7.72. The molecule has 1 aromatic heterocycles. The van der Waals surface area contributed by atoms with Crippen molar-refractivity contribution in [3.63, 3.8) is 0 Å². The fraction of sp³-hybridized carbons (Fsp3) is 0.643. The van der Waals surface area contributed by atoms with E-state index in [0.717, 1.165) is 56.0 Å². The molecule has 2 aliphatic carbocycles. The van der Waals surface area contributed by atoms with E-state index in [9.17, 15) is 18.3 Å².